The van der Waals surface area contributed by atoms with Crippen LogP contribution in [-0.2, 0) is 4.79 Å². The standard InChI is InChI=1S/C12H10ClNOS/c1-8(15)11-7-16-12(6-14-11)9-2-4-10(13)5-3-9/h2-6H,7H2,1H3. The highest BCUT2D eigenvalue weighted by molar-refractivity contribution is 8.09. The van der Waals surface area contributed by atoms with Crippen molar-refractivity contribution in [2.45, 2.75) is 6.92 Å². The SMILES string of the molecule is CC(=O)C1=NC=C(c2ccc(Cl)cc2)SC1. The third-order valence-electron chi connectivity index (χ3n) is 2.24. The second kappa shape index (κ2) is 4.85. The van der Waals surface area contributed by atoms with Crippen LogP contribution in [0.2, 0.25) is 5.02 Å². The van der Waals surface area contributed by atoms with Gasteiger partial charge in [0.1, 0.15) is 0 Å². The first-order chi connectivity index (χ1) is 7.66. The molecule has 0 aliphatic carbocycles. The smallest absolute Gasteiger partial charge is 0.174 e. The first-order valence-electron chi connectivity index (χ1n) is 4.83. The second-order valence-corrected chi connectivity index (χ2v) is 4.87. The Labute approximate surface area is 103 Å². The molecule has 1 aromatic rings. The summed E-state index contributed by atoms with van der Waals surface area (Å²) in [6.07, 6.45) is 1.74. The molecule has 0 atom stereocenters. The molecule has 0 bridgehead atoms. The van der Waals surface area contributed by atoms with E-state index in [9.17, 15) is 4.79 Å². The predicted molar refractivity (Wildman–Crippen MR) is 70.0 cm³/mol. The van der Waals surface area contributed by atoms with Crippen molar-refractivity contribution in [3.8, 4) is 0 Å². The van der Waals surface area contributed by atoms with Crippen LogP contribution in [0.4, 0.5) is 0 Å². The Balaban J connectivity index is 2.24. The summed E-state index contributed by atoms with van der Waals surface area (Å²) < 4.78 is 0. The minimum atomic E-state index is 0.0407. The molecule has 0 fully saturated rings. The average Bonchev–Trinajstić information content (AvgIpc) is 2.30. The van der Waals surface area contributed by atoms with Crippen LogP contribution in [0.25, 0.3) is 4.91 Å². The lowest BCUT2D eigenvalue weighted by atomic mass is 10.2. The number of rotatable bonds is 2. The molecule has 0 saturated carbocycles. The normalized spacial score (nSPS) is 15.4. The van der Waals surface area contributed by atoms with Crippen LogP contribution in [0.15, 0.2) is 35.5 Å². The average molecular weight is 252 g/mol. The van der Waals surface area contributed by atoms with Gasteiger partial charge in [-0.25, -0.2) is 0 Å². The van der Waals surface area contributed by atoms with Gasteiger partial charge < -0.3 is 0 Å². The van der Waals surface area contributed by atoms with Crippen LogP contribution < -0.4 is 0 Å². The fourth-order valence-electron chi connectivity index (χ4n) is 1.32. The zero-order valence-corrected chi connectivity index (χ0v) is 10.3. The molecule has 2 nitrogen and oxygen atoms in total. The number of ketones is 1. The first kappa shape index (κ1) is 11.4. The second-order valence-electron chi connectivity index (χ2n) is 3.42. The van der Waals surface area contributed by atoms with Gasteiger partial charge in [-0.05, 0) is 17.7 Å². The number of Topliss-reactive ketones (excluding diaryl/α,β-unsaturated/α-hetero) is 1. The highest BCUT2D eigenvalue weighted by Crippen LogP contribution is 2.31. The van der Waals surface area contributed by atoms with Crippen molar-refractivity contribution in [3.05, 3.63) is 41.1 Å². The van der Waals surface area contributed by atoms with Crippen molar-refractivity contribution in [2.24, 2.45) is 4.99 Å². The predicted octanol–water partition coefficient (Wildman–Crippen LogP) is 3.42. The van der Waals surface area contributed by atoms with E-state index in [0.717, 1.165) is 15.5 Å². The van der Waals surface area contributed by atoms with Crippen LogP contribution in [0, 0.1) is 0 Å². The Hall–Kier alpha value is -1.06. The maximum Gasteiger partial charge on any atom is 0.174 e. The molecule has 1 aromatic carbocycles. The number of aliphatic imine (C=N–C) groups is 1. The Morgan fingerprint density at radius 1 is 1.38 bits per heavy atom. The van der Waals surface area contributed by atoms with E-state index in [1.807, 2.05) is 24.3 Å². The molecule has 2 rings (SSSR count). The molecule has 0 spiro atoms. The summed E-state index contributed by atoms with van der Waals surface area (Å²) in [7, 11) is 0. The van der Waals surface area contributed by atoms with E-state index < -0.39 is 0 Å². The summed E-state index contributed by atoms with van der Waals surface area (Å²) in [6, 6.07) is 7.61. The van der Waals surface area contributed by atoms with E-state index in [4.69, 9.17) is 11.6 Å². The third kappa shape index (κ3) is 2.54. The molecule has 0 aromatic heterocycles. The quantitative estimate of drug-likeness (QED) is 0.806. The Morgan fingerprint density at radius 2 is 2.06 bits per heavy atom. The number of hydrogen-bond donors (Lipinski definition) is 0. The summed E-state index contributed by atoms with van der Waals surface area (Å²) in [5.74, 6) is 0.683. The van der Waals surface area contributed by atoms with E-state index in [2.05, 4.69) is 4.99 Å². The molecule has 1 aliphatic heterocycles. The van der Waals surface area contributed by atoms with Gasteiger partial charge in [0, 0.05) is 28.8 Å². The van der Waals surface area contributed by atoms with Crippen molar-refractivity contribution in [2.75, 3.05) is 5.75 Å². The molecule has 0 saturated heterocycles. The molecular weight excluding hydrogens is 242 g/mol. The van der Waals surface area contributed by atoms with Gasteiger partial charge >= 0.3 is 0 Å². The number of nitrogens with zero attached hydrogens (tertiary/aromatic N) is 1. The van der Waals surface area contributed by atoms with Gasteiger partial charge in [-0.3, -0.25) is 9.79 Å². The van der Waals surface area contributed by atoms with Crippen molar-refractivity contribution in [1.82, 2.24) is 0 Å². The number of thioether (sulfide) groups is 1. The summed E-state index contributed by atoms with van der Waals surface area (Å²) in [5.41, 5.74) is 1.71. The molecule has 0 unspecified atom stereocenters. The largest absolute Gasteiger partial charge is 0.293 e. The van der Waals surface area contributed by atoms with Gasteiger partial charge in [-0.15, -0.1) is 11.8 Å². The van der Waals surface area contributed by atoms with Crippen molar-refractivity contribution in [1.29, 1.82) is 0 Å². The number of carbonyl (C=O) groups is 1. The Bertz CT molecular complexity index is 476. The van der Waals surface area contributed by atoms with Gasteiger partial charge in [0.2, 0.25) is 0 Å². The zero-order valence-electron chi connectivity index (χ0n) is 8.74. The number of carbonyl (C=O) groups excluding carboxylic acids is 1. The lowest BCUT2D eigenvalue weighted by Crippen LogP contribution is -2.14. The summed E-state index contributed by atoms with van der Waals surface area (Å²) in [4.78, 5) is 16.3. The maximum atomic E-state index is 11.1. The van der Waals surface area contributed by atoms with Crippen LogP contribution >= 0.6 is 23.4 Å². The first-order valence-corrected chi connectivity index (χ1v) is 6.19. The fourth-order valence-corrected chi connectivity index (χ4v) is 2.45. The molecule has 4 heteroatoms. The topological polar surface area (TPSA) is 29.4 Å². The van der Waals surface area contributed by atoms with Gasteiger partial charge in [0.25, 0.3) is 0 Å². The molecule has 82 valence electrons. The lowest BCUT2D eigenvalue weighted by Gasteiger charge is -2.11. The van der Waals surface area contributed by atoms with E-state index >= 15 is 0 Å². The number of benzene rings is 1. The zero-order chi connectivity index (χ0) is 11.5. The van der Waals surface area contributed by atoms with E-state index in [1.54, 1.807) is 24.9 Å². The van der Waals surface area contributed by atoms with Crippen LogP contribution in [0.5, 0.6) is 0 Å². The van der Waals surface area contributed by atoms with Crippen LogP contribution in [0.1, 0.15) is 12.5 Å². The summed E-state index contributed by atoms with van der Waals surface area (Å²) >= 11 is 7.44. The van der Waals surface area contributed by atoms with Gasteiger partial charge in [0.15, 0.2) is 5.78 Å². The van der Waals surface area contributed by atoms with Crippen molar-refractivity contribution >= 4 is 39.8 Å². The third-order valence-corrected chi connectivity index (χ3v) is 3.56. The monoisotopic (exact) mass is 251 g/mol. The van der Waals surface area contributed by atoms with Crippen LogP contribution in [-0.4, -0.2) is 17.2 Å². The van der Waals surface area contributed by atoms with Crippen molar-refractivity contribution in [3.63, 3.8) is 0 Å². The Morgan fingerprint density at radius 3 is 2.56 bits per heavy atom. The molecule has 1 aliphatic rings. The Kier molecular flexibility index (Phi) is 3.46. The highest BCUT2D eigenvalue weighted by Gasteiger charge is 2.13. The van der Waals surface area contributed by atoms with Crippen molar-refractivity contribution < 1.29 is 4.79 Å². The molecule has 1 heterocycles. The molecule has 0 amide bonds. The summed E-state index contributed by atoms with van der Waals surface area (Å²) in [5, 5.41) is 0.720. The molecule has 0 N–H and O–H groups in total. The van der Waals surface area contributed by atoms with E-state index in [0.29, 0.717) is 11.5 Å². The maximum absolute atomic E-state index is 11.1. The minimum absolute atomic E-state index is 0.0407. The van der Waals surface area contributed by atoms with Gasteiger partial charge in [-0.2, -0.15) is 0 Å². The van der Waals surface area contributed by atoms with Gasteiger partial charge in [0.05, 0.1) is 5.71 Å². The molecule has 0 radical (unpaired) electrons. The number of halogens is 1. The summed E-state index contributed by atoms with van der Waals surface area (Å²) in [6.45, 7) is 1.54. The fraction of sp³-hybridized carbons (Fsp3) is 0.167. The van der Waals surface area contributed by atoms with E-state index in [-0.39, 0.29) is 5.78 Å². The van der Waals surface area contributed by atoms with E-state index in [1.165, 1.54) is 0 Å². The minimum Gasteiger partial charge on any atom is -0.293 e. The highest BCUT2D eigenvalue weighted by atomic mass is 35.5. The van der Waals surface area contributed by atoms with Crippen LogP contribution in [0.3, 0.4) is 0 Å². The molecule has 16 heavy (non-hydrogen) atoms. The number of hydrogen-bond acceptors (Lipinski definition) is 3. The molecular formula is C12H10ClNOS. The lowest BCUT2D eigenvalue weighted by molar-refractivity contribution is -0.111. The van der Waals surface area contributed by atoms with Gasteiger partial charge in [-0.1, -0.05) is 23.7 Å².